The number of likely N-dealkylation sites (N-methyl/N-ethyl adjacent to an activating group) is 1. The molecule has 1 heterocycles. The van der Waals surface area contributed by atoms with Crippen molar-refractivity contribution >= 4 is 39.0 Å². The van der Waals surface area contributed by atoms with Crippen LogP contribution in [0.15, 0.2) is 30.4 Å². The summed E-state index contributed by atoms with van der Waals surface area (Å²) in [6.07, 6.45) is 9.88. The molecule has 1 aliphatic carbocycles. The Bertz CT molecular complexity index is 1180. The largest absolute Gasteiger partial charge is 0.353 e. The molecule has 0 unspecified atom stereocenters. The van der Waals surface area contributed by atoms with Gasteiger partial charge in [-0.05, 0) is 62.9 Å². The first-order valence-electron chi connectivity index (χ1n) is 15.6. The molecule has 3 rings (SSSR count). The zero-order valence-electron chi connectivity index (χ0n) is 26.0. The second kappa shape index (κ2) is 16.3. The fourth-order valence-corrected chi connectivity index (χ4v) is 7.00. The van der Waals surface area contributed by atoms with Gasteiger partial charge in [0.1, 0.15) is 5.78 Å². The summed E-state index contributed by atoms with van der Waals surface area (Å²) in [5, 5.41) is 4.21. The number of nitrogens with one attached hydrogen (secondary N) is 1. The van der Waals surface area contributed by atoms with E-state index < -0.39 is 5.92 Å². The lowest BCUT2D eigenvalue weighted by atomic mass is 9.83. The van der Waals surface area contributed by atoms with Crippen LogP contribution in [0.2, 0.25) is 0 Å². The molecular formula is C34H51N3O3S. The standard InChI is InChI=1S/C34H51N3O3S/c1-7-11-29(38)19-27(21-33-36-30-16-14-26(23(2)3)20-32(30)41-33)34(40)35-28(18-25-12-9-8-10-13-25)15-17-31(39)24(4)22-37(5)6/h14,16,20,23,25,27-28H,4,7-13,15,17-19,21-22H2,1-3,5-6H3,(H,35,40)/t27-,28+/m0/s1. The molecule has 0 radical (unpaired) electrons. The van der Waals surface area contributed by atoms with Crippen molar-refractivity contribution in [3.05, 3.63) is 40.9 Å². The molecule has 1 saturated carbocycles. The van der Waals surface area contributed by atoms with E-state index in [1.54, 1.807) is 11.3 Å². The normalized spacial score (nSPS) is 15.8. The number of rotatable bonds is 17. The van der Waals surface area contributed by atoms with Crippen LogP contribution in [-0.2, 0) is 20.8 Å². The van der Waals surface area contributed by atoms with E-state index in [1.807, 2.05) is 25.9 Å². The lowest BCUT2D eigenvalue weighted by molar-refractivity contribution is -0.130. The van der Waals surface area contributed by atoms with Gasteiger partial charge in [0, 0.05) is 43.8 Å². The Morgan fingerprint density at radius 2 is 1.85 bits per heavy atom. The topological polar surface area (TPSA) is 79.4 Å². The SMILES string of the molecule is C=C(CN(C)C)C(=O)CC[C@H](CC1CCCCC1)NC(=O)[C@@H](CC(=O)CCC)Cc1nc2ccc(C(C)C)cc2s1. The summed E-state index contributed by atoms with van der Waals surface area (Å²) in [6, 6.07) is 6.29. The zero-order chi connectivity index (χ0) is 29.9. The van der Waals surface area contributed by atoms with Crippen LogP contribution < -0.4 is 5.32 Å². The number of amides is 1. The maximum atomic E-state index is 13.8. The van der Waals surface area contributed by atoms with Crippen molar-refractivity contribution in [2.75, 3.05) is 20.6 Å². The number of carbonyl (C=O) groups is 3. The van der Waals surface area contributed by atoms with E-state index in [0.717, 1.165) is 28.1 Å². The number of ketones is 2. The molecule has 0 spiro atoms. The number of Topliss-reactive ketones (excluding diaryl/α,β-unsaturated/α-hetero) is 2. The minimum absolute atomic E-state index is 0.0616. The molecule has 41 heavy (non-hydrogen) atoms. The molecule has 1 N–H and O–H groups in total. The summed E-state index contributed by atoms with van der Waals surface area (Å²) in [7, 11) is 3.86. The minimum atomic E-state index is -0.465. The summed E-state index contributed by atoms with van der Waals surface area (Å²) in [4.78, 5) is 46.2. The van der Waals surface area contributed by atoms with E-state index in [2.05, 4.69) is 43.9 Å². The Labute approximate surface area is 251 Å². The molecule has 7 heteroatoms. The highest BCUT2D eigenvalue weighted by Gasteiger charge is 2.28. The number of benzene rings is 1. The number of hydrogen-bond acceptors (Lipinski definition) is 6. The highest BCUT2D eigenvalue weighted by Crippen LogP contribution is 2.30. The van der Waals surface area contributed by atoms with Crippen molar-refractivity contribution in [2.45, 2.75) is 110 Å². The predicted molar refractivity (Wildman–Crippen MR) is 170 cm³/mol. The molecule has 2 aromatic rings. The molecule has 2 atom stereocenters. The molecule has 6 nitrogen and oxygen atoms in total. The van der Waals surface area contributed by atoms with Crippen molar-refractivity contribution in [1.82, 2.24) is 15.2 Å². The summed E-state index contributed by atoms with van der Waals surface area (Å²) >= 11 is 1.62. The minimum Gasteiger partial charge on any atom is -0.353 e. The molecule has 1 amide bonds. The van der Waals surface area contributed by atoms with Crippen molar-refractivity contribution < 1.29 is 14.4 Å². The summed E-state index contributed by atoms with van der Waals surface area (Å²) in [5.74, 6) is 0.627. The third-order valence-electron chi connectivity index (χ3n) is 8.23. The molecule has 0 bridgehead atoms. The first-order chi connectivity index (χ1) is 19.5. The predicted octanol–water partition coefficient (Wildman–Crippen LogP) is 7.26. The molecule has 1 fully saturated rings. The van der Waals surface area contributed by atoms with Gasteiger partial charge in [0.2, 0.25) is 5.91 Å². The summed E-state index contributed by atoms with van der Waals surface area (Å²) in [5.41, 5.74) is 2.82. The van der Waals surface area contributed by atoms with Crippen LogP contribution in [0.25, 0.3) is 10.2 Å². The first-order valence-corrected chi connectivity index (χ1v) is 16.4. The molecule has 1 aromatic heterocycles. The van der Waals surface area contributed by atoms with Crippen molar-refractivity contribution in [1.29, 1.82) is 0 Å². The van der Waals surface area contributed by atoms with Crippen LogP contribution >= 0.6 is 11.3 Å². The van der Waals surface area contributed by atoms with E-state index in [-0.39, 0.29) is 29.9 Å². The Kier molecular flexibility index (Phi) is 13.2. The van der Waals surface area contributed by atoms with Gasteiger partial charge in [-0.25, -0.2) is 4.98 Å². The van der Waals surface area contributed by atoms with E-state index in [1.165, 1.54) is 37.7 Å². The van der Waals surface area contributed by atoms with Crippen LogP contribution in [-0.4, -0.2) is 54.0 Å². The summed E-state index contributed by atoms with van der Waals surface area (Å²) < 4.78 is 1.12. The van der Waals surface area contributed by atoms with Crippen LogP contribution in [0.3, 0.4) is 0 Å². The highest BCUT2D eigenvalue weighted by atomic mass is 32.1. The average molecular weight is 582 g/mol. The monoisotopic (exact) mass is 581 g/mol. The quantitative estimate of drug-likeness (QED) is 0.199. The van der Waals surface area contributed by atoms with E-state index in [4.69, 9.17) is 4.98 Å². The van der Waals surface area contributed by atoms with Crippen LogP contribution in [0.4, 0.5) is 0 Å². The van der Waals surface area contributed by atoms with Gasteiger partial charge >= 0.3 is 0 Å². The maximum Gasteiger partial charge on any atom is 0.224 e. The average Bonchev–Trinajstić information content (AvgIpc) is 3.33. The van der Waals surface area contributed by atoms with Gasteiger partial charge < -0.3 is 10.2 Å². The highest BCUT2D eigenvalue weighted by molar-refractivity contribution is 7.18. The number of hydrogen-bond donors (Lipinski definition) is 1. The molecule has 1 aromatic carbocycles. The van der Waals surface area contributed by atoms with Gasteiger partial charge in [0.25, 0.3) is 0 Å². The number of fused-ring (bicyclic) bond motifs is 1. The number of nitrogens with zero attached hydrogens (tertiary/aromatic N) is 2. The third-order valence-corrected chi connectivity index (χ3v) is 9.27. The number of aromatic nitrogens is 1. The number of carbonyl (C=O) groups excluding carboxylic acids is 3. The van der Waals surface area contributed by atoms with E-state index in [0.29, 0.717) is 49.6 Å². The molecule has 1 aliphatic rings. The maximum absolute atomic E-state index is 13.8. The molecular weight excluding hydrogens is 530 g/mol. The van der Waals surface area contributed by atoms with Gasteiger partial charge in [0.15, 0.2) is 5.78 Å². The Morgan fingerprint density at radius 3 is 2.51 bits per heavy atom. The number of thiazole rings is 1. The van der Waals surface area contributed by atoms with Gasteiger partial charge in [-0.2, -0.15) is 0 Å². The smallest absolute Gasteiger partial charge is 0.224 e. The van der Waals surface area contributed by atoms with E-state index in [9.17, 15) is 14.4 Å². The Balaban J connectivity index is 1.76. The Hall–Kier alpha value is -2.38. The molecule has 0 aliphatic heterocycles. The molecule has 226 valence electrons. The van der Waals surface area contributed by atoms with Crippen LogP contribution in [0.5, 0.6) is 0 Å². The summed E-state index contributed by atoms with van der Waals surface area (Å²) in [6.45, 7) is 10.9. The van der Waals surface area contributed by atoms with Crippen molar-refractivity contribution in [3.63, 3.8) is 0 Å². The van der Waals surface area contributed by atoms with Crippen LogP contribution in [0, 0.1) is 11.8 Å². The fraction of sp³-hybridized carbons (Fsp3) is 0.647. The first kappa shape index (κ1) is 33.1. The van der Waals surface area contributed by atoms with Gasteiger partial charge in [0.05, 0.1) is 21.1 Å². The van der Waals surface area contributed by atoms with Crippen molar-refractivity contribution in [3.8, 4) is 0 Å². The van der Waals surface area contributed by atoms with Gasteiger partial charge in [-0.15, -0.1) is 11.3 Å². The lowest BCUT2D eigenvalue weighted by Crippen LogP contribution is -2.41. The lowest BCUT2D eigenvalue weighted by Gasteiger charge is -2.28. The molecule has 0 saturated heterocycles. The van der Waals surface area contributed by atoms with Gasteiger partial charge in [-0.1, -0.05) is 65.5 Å². The van der Waals surface area contributed by atoms with Crippen LogP contribution in [0.1, 0.15) is 108 Å². The zero-order valence-corrected chi connectivity index (χ0v) is 26.8. The fourth-order valence-electron chi connectivity index (χ4n) is 5.90. The third kappa shape index (κ3) is 10.8. The second-order valence-corrected chi connectivity index (χ2v) is 13.7. The second-order valence-electron chi connectivity index (χ2n) is 12.6. The Morgan fingerprint density at radius 1 is 1.12 bits per heavy atom. The van der Waals surface area contributed by atoms with Crippen molar-refractivity contribution in [2.24, 2.45) is 11.8 Å². The van der Waals surface area contributed by atoms with Gasteiger partial charge in [-0.3, -0.25) is 14.4 Å². The van der Waals surface area contributed by atoms with E-state index >= 15 is 0 Å².